The van der Waals surface area contributed by atoms with E-state index in [9.17, 15) is 14.9 Å². The number of hydrogen-bond donors (Lipinski definition) is 1. The molecule has 158 valence electrons. The number of non-ortho nitro benzene ring substituents is 1. The maximum Gasteiger partial charge on any atom is 0.269 e. The molecule has 3 aromatic rings. The first-order valence-corrected chi connectivity index (χ1v) is 10.3. The van der Waals surface area contributed by atoms with Crippen molar-refractivity contribution in [3.63, 3.8) is 0 Å². The number of aryl methyl sites for hydroxylation is 1. The standard InChI is InChI=1S/C23H23N5O3/c1-2-18-14-21(26-23(25-18)17-7-11-20(12-8-17)28(30)31)24-15-16-5-9-19(10-6-16)27-13-3-4-22(27)29/h5-12,14H,2-4,13,15H2,1H3,(H,24,25,26). The maximum absolute atomic E-state index is 11.9. The summed E-state index contributed by atoms with van der Waals surface area (Å²) in [7, 11) is 0. The van der Waals surface area contributed by atoms with Gasteiger partial charge in [-0.3, -0.25) is 14.9 Å². The minimum absolute atomic E-state index is 0.0350. The van der Waals surface area contributed by atoms with Gasteiger partial charge in [-0.1, -0.05) is 19.1 Å². The quantitative estimate of drug-likeness (QED) is 0.453. The summed E-state index contributed by atoms with van der Waals surface area (Å²) >= 11 is 0. The Morgan fingerprint density at radius 1 is 1.10 bits per heavy atom. The van der Waals surface area contributed by atoms with Crippen molar-refractivity contribution < 1.29 is 9.72 Å². The summed E-state index contributed by atoms with van der Waals surface area (Å²) in [4.78, 5) is 33.3. The SMILES string of the molecule is CCc1cc(NCc2ccc(N3CCCC3=O)cc2)nc(-c2ccc([N+](=O)[O-])cc2)n1. The number of nitrogens with zero attached hydrogens (tertiary/aromatic N) is 4. The number of nitro benzene ring substituents is 1. The third-order valence-corrected chi connectivity index (χ3v) is 5.27. The highest BCUT2D eigenvalue weighted by molar-refractivity contribution is 5.95. The summed E-state index contributed by atoms with van der Waals surface area (Å²) < 4.78 is 0. The predicted octanol–water partition coefficient (Wildman–Crippen LogP) is 4.35. The molecule has 0 spiro atoms. The van der Waals surface area contributed by atoms with E-state index in [-0.39, 0.29) is 11.6 Å². The smallest absolute Gasteiger partial charge is 0.269 e. The van der Waals surface area contributed by atoms with Crippen molar-refractivity contribution in [2.45, 2.75) is 32.7 Å². The number of benzene rings is 2. The molecule has 0 unspecified atom stereocenters. The van der Waals surface area contributed by atoms with Gasteiger partial charge in [0.05, 0.1) is 4.92 Å². The molecule has 8 nitrogen and oxygen atoms in total. The van der Waals surface area contributed by atoms with Crippen molar-refractivity contribution >= 4 is 23.1 Å². The largest absolute Gasteiger partial charge is 0.366 e. The van der Waals surface area contributed by atoms with Crippen molar-refractivity contribution in [1.29, 1.82) is 0 Å². The average molecular weight is 417 g/mol. The monoisotopic (exact) mass is 417 g/mol. The molecule has 1 saturated heterocycles. The molecule has 1 amide bonds. The van der Waals surface area contributed by atoms with E-state index in [0.717, 1.165) is 41.9 Å². The van der Waals surface area contributed by atoms with Gasteiger partial charge in [0.1, 0.15) is 5.82 Å². The van der Waals surface area contributed by atoms with Gasteiger partial charge in [0.2, 0.25) is 5.91 Å². The number of carbonyl (C=O) groups is 1. The fourth-order valence-electron chi connectivity index (χ4n) is 3.54. The summed E-state index contributed by atoms with van der Waals surface area (Å²) in [5.41, 5.74) is 3.65. The Kier molecular flexibility index (Phi) is 5.88. The van der Waals surface area contributed by atoms with Crippen LogP contribution in [-0.2, 0) is 17.8 Å². The lowest BCUT2D eigenvalue weighted by atomic mass is 10.1. The molecule has 0 aliphatic carbocycles. The summed E-state index contributed by atoms with van der Waals surface area (Å²) in [5.74, 6) is 1.40. The van der Waals surface area contributed by atoms with Crippen LogP contribution in [-0.4, -0.2) is 27.3 Å². The van der Waals surface area contributed by atoms with Crippen LogP contribution in [0.25, 0.3) is 11.4 Å². The Bertz CT molecular complexity index is 1100. The summed E-state index contributed by atoms with van der Waals surface area (Å²) in [6.45, 7) is 3.38. The molecular formula is C23H23N5O3. The first-order chi connectivity index (χ1) is 15.0. The van der Waals surface area contributed by atoms with Crippen molar-refractivity contribution in [2.75, 3.05) is 16.8 Å². The van der Waals surface area contributed by atoms with Gasteiger partial charge in [0, 0.05) is 54.7 Å². The third kappa shape index (κ3) is 4.69. The second-order valence-electron chi connectivity index (χ2n) is 7.39. The lowest BCUT2D eigenvalue weighted by molar-refractivity contribution is -0.384. The lowest BCUT2D eigenvalue weighted by Crippen LogP contribution is -2.23. The van der Waals surface area contributed by atoms with E-state index in [1.54, 1.807) is 12.1 Å². The zero-order valence-electron chi connectivity index (χ0n) is 17.2. The normalized spacial score (nSPS) is 13.5. The molecule has 0 saturated carbocycles. The van der Waals surface area contributed by atoms with Gasteiger partial charge in [-0.05, 0) is 42.7 Å². The number of carbonyl (C=O) groups excluding carboxylic acids is 1. The number of amides is 1. The fourth-order valence-corrected chi connectivity index (χ4v) is 3.54. The molecule has 0 bridgehead atoms. The van der Waals surface area contributed by atoms with Crippen LogP contribution in [0.1, 0.15) is 31.0 Å². The van der Waals surface area contributed by atoms with Crippen molar-refractivity contribution in [1.82, 2.24) is 9.97 Å². The zero-order chi connectivity index (χ0) is 21.8. The Morgan fingerprint density at radius 2 is 1.84 bits per heavy atom. The first-order valence-electron chi connectivity index (χ1n) is 10.3. The third-order valence-electron chi connectivity index (χ3n) is 5.27. The van der Waals surface area contributed by atoms with E-state index in [2.05, 4.69) is 15.3 Å². The Morgan fingerprint density at radius 3 is 2.45 bits per heavy atom. The molecule has 2 heterocycles. The van der Waals surface area contributed by atoms with Gasteiger partial charge in [-0.2, -0.15) is 0 Å². The van der Waals surface area contributed by atoms with Gasteiger partial charge in [0.25, 0.3) is 5.69 Å². The summed E-state index contributed by atoms with van der Waals surface area (Å²) in [6, 6.07) is 16.1. The van der Waals surface area contributed by atoms with Gasteiger partial charge >= 0.3 is 0 Å². The molecule has 1 aliphatic rings. The van der Waals surface area contributed by atoms with Crippen LogP contribution in [0, 0.1) is 10.1 Å². The van der Waals surface area contributed by atoms with Crippen molar-refractivity contribution in [3.8, 4) is 11.4 Å². The van der Waals surface area contributed by atoms with Crippen LogP contribution in [0.15, 0.2) is 54.6 Å². The number of nitrogens with one attached hydrogen (secondary N) is 1. The highest BCUT2D eigenvalue weighted by atomic mass is 16.6. The molecule has 1 aromatic heterocycles. The molecule has 31 heavy (non-hydrogen) atoms. The van der Waals surface area contributed by atoms with Gasteiger partial charge in [0.15, 0.2) is 5.82 Å². The van der Waals surface area contributed by atoms with Gasteiger partial charge in [-0.25, -0.2) is 9.97 Å². The van der Waals surface area contributed by atoms with E-state index in [4.69, 9.17) is 0 Å². The van der Waals surface area contributed by atoms with Crippen molar-refractivity contribution in [3.05, 3.63) is 76.0 Å². The summed E-state index contributed by atoms with van der Waals surface area (Å²) in [5, 5.41) is 14.2. The maximum atomic E-state index is 11.9. The van der Waals surface area contributed by atoms with E-state index < -0.39 is 4.92 Å². The minimum Gasteiger partial charge on any atom is -0.366 e. The first kappa shape index (κ1) is 20.5. The fraction of sp³-hybridized carbons (Fsp3) is 0.261. The van der Waals surface area contributed by atoms with Crippen molar-refractivity contribution in [2.24, 2.45) is 0 Å². The van der Waals surface area contributed by atoms with E-state index in [1.165, 1.54) is 12.1 Å². The van der Waals surface area contributed by atoms with Crippen LogP contribution in [0.4, 0.5) is 17.2 Å². The van der Waals surface area contributed by atoms with Gasteiger partial charge in [-0.15, -0.1) is 0 Å². The number of anilines is 2. The average Bonchev–Trinajstić information content (AvgIpc) is 3.23. The van der Waals surface area contributed by atoms with Crippen LogP contribution >= 0.6 is 0 Å². The van der Waals surface area contributed by atoms with E-state index >= 15 is 0 Å². The highest BCUT2D eigenvalue weighted by Crippen LogP contribution is 2.23. The van der Waals surface area contributed by atoms with Gasteiger partial charge < -0.3 is 10.2 Å². The molecule has 2 aromatic carbocycles. The Labute approximate surface area is 180 Å². The molecule has 0 atom stereocenters. The number of rotatable bonds is 7. The number of nitro groups is 1. The Balaban J connectivity index is 1.48. The minimum atomic E-state index is -0.426. The molecular weight excluding hydrogens is 394 g/mol. The van der Waals surface area contributed by atoms with E-state index in [1.807, 2.05) is 42.2 Å². The molecule has 8 heteroatoms. The second kappa shape index (κ2) is 8.91. The molecule has 0 radical (unpaired) electrons. The van der Waals surface area contributed by atoms with Crippen LogP contribution in [0.3, 0.4) is 0 Å². The molecule has 1 aliphatic heterocycles. The van der Waals surface area contributed by atoms with Crippen LogP contribution in [0.5, 0.6) is 0 Å². The van der Waals surface area contributed by atoms with E-state index in [0.29, 0.717) is 24.6 Å². The van der Waals surface area contributed by atoms with Crippen LogP contribution in [0.2, 0.25) is 0 Å². The topological polar surface area (TPSA) is 101 Å². The number of aromatic nitrogens is 2. The zero-order valence-corrected chi connectivity index (χ0v) is 17.2. The predicted molar refractivity (Wildman–Crippen MR) is 119 cm³/mol. The Hall–Kier alpha value is -3.81. The molecule has 1 fully saturated rings. The summed E-state index contributed by atoms with van der Waals surface area (Å²) in [6.07, 6.45) is 2.27. The number of hydrogen-bond acceptors (Lipinski definition) is 6. The molecule has 4 rings (SSSR count). The highest BCUT2D eigenvalue weighted by Gasteiger charge is 2.21. The lowest BCUT2D eigenvalue weighted by Gasteiger charge is -2.16. The van der Waals surface area contributed by atoms with Crippen LogP contribution < -0.4 is 10.2 Å². The molecule has 1 N–H and O–H groups in total. The second-order valence-corrected chi connectivity index (χ2v) is 7.39.